The van der Waals surface area contributed by atoms with E-state index in [-0.39, 0.29) is 5.78 Å². The van der Waals surface area contributed by atoms with Gasteiger partial charge in [0.25, 0.3) is 0 Å². The number of carbonyl (C=O) groups is 1. The van der Waals surface area contributed by atoms with Crippen LogP contribution in [0.15, 0.2) is 18.2 Å². The van der Waals surface area contributed by atoms with Gasteiger partial charge in [0, 0.05) is 25.1 Å². The number of fused-ring (bicyclic) bond motifs is 1. The van der Waals surface area contributed by atoms with Crippen LogP contribution in [0, 0.1) is 0 Å². The fourth-order valence-corrected chi connectivity index (χ4v) is 3.60. The zero-order valence-electron chi connectivity index (χ0n) is 11.8. The van der Waals surface area contributed by atoms with E-state index in [0.717, 1.165) is 45.6 Å². The van der Waals surface area contributed by atoms with Gasteiger partial charge in [-0.3, -0.25) is 4.79 Å². The molecule has 0 radical (unpaired) electrons. The van der Waals surface area contributed by atoms with Crippen LogP contribution in [-0.4, -0.2) is 25.2 Å². The van der Waals surface area contributed by atoms with Crippen molar-refractivity contribution in [2.75, 3.05) is 0 Å². The summed E-state index contributed by atoms with van der Waals surface area (Å²) in [6, 6.07) is 5.93. The summed E-state index contributed by atoms with van der Waals surface area (Å²) in [5, 5.41) is 8.80. The third-order valence-electron chi connectivity index (χ3n) is 3.80. The number of Topliss-reactive ketones (excluding diaryl/α,β-unsaturated/α-hetero) is 1. The number of hydrogen-bond acceptors (Lipinski definition) is 5. The van der Waals surface area contributed by atoms with Crippen molar-refractivity contribution in [3.63, 3.8) is 0 Å². The molecule has 2 heterocycles. The summed E-state index contributed by atoms with van der Waals surface area (Å²) in [7, 11) is 1.81. The minimum Gasteiger partial charge on any atom is -0.294 e. The second-order valence-electron chi connectivity index (χ2n) is 5.47. The number of hydrogen-bond donors (Lipinski definition) is 0. The lowest BCUT2D eigenvalue weighted by Gasteiger charge is -2.03. The van der Waals surface area contributed by atoms with Crippen LogP contribution >= 0.6 is 11.5 Å². The summed E-state index contributed by atoms with van der Waals surface area (Å²) >= 11 is 1.31. The molecule has 1 aromatic carbocycles. The minimum absolute atomic E-state index is 0.104. The Bertz CT molecular complexity index is 860. The first-order chi connectivity index (χ1) is 10.1. The van der Waals surface area contributed by atoms with Gasteiger partial charge in [0.2, 0.25) is 0 Å². The second-order valence-corrected chi connectivity index (χ2v) is 6.24. The number of aromatic nitrogens is 4. The van der Waals surface area contributed by atoms with Crippen LogP contribution in [0.25, 0.3) is 22.3 Å². The lowest BCUT2D eigenvalue weighted by molar-refractivity contribution is 0.102. The Hall–Kier alpha value is -2.08. The number of rotatable bonds is 3. The maximum Gasteiger partial charge on any atom is 0.171 e. The third kappa shape index (κ3) is 1.98. The smallest absolute Gasteiger partial charge is 0.171 e. The van der Waals surface area contributed by atoms with E-state index in [0.29, 0.717) is 5.92 Å². The van der Waals surface area contributed by atoms with E-state index in [9.17, 15) is 4.79 Å². The molecule has 3 aromatic rings. The van der Waals surface area contributed by atoms with E-state index in [4.69, 9.17) is 0 Å². The molecule has 2 aromatic heterocycles. The molecular formula is C15H14N4OS. The number of benzene rings is 1. The highest BCUT2D eigenvalue weighted by Gasteiger charge is 2.33. The predicted octanol–water partition coefficient (Wildman–Crippen LogP) is 3.17. The molecule has 0 saturated heterocycles. The van der Waals surface area contributed by atoms with Crippen LogP contribution in [0.4, 0.5) is 0 Å². The Kier molecular flexibility index (Phi) is 2.68. The molecule has 0 N–H and O–H groups in total. The molecule has 0 amide bonds. The van der Waals surface area contributed by atoms with Crippen LogP contribution in [0.1, 0.15) is 40.9 Å². The fraction of sp³-hybridized carbons (Fsp3) is 0.333. The third-order valence-corrected chi connectivity index (χ3v) is 4.76. The Morgan fingerprint density at radius 3 is 2.86 bits per heavy atom. The summed E-state index contributed by atoms with van der Waals surface area (Å²) in [6.45, 7) is 1.62. The van der Waals surface area contributed by atoms with Crippen molar-refractivity contribution in [1.29, 1.82) is 0 Å². The Labute approximate surface area is 125 Å². The van der Waals surface area contributed by atoms with E-state index < -0.39 is 0 Å². The number of ketones is 1. The van der Waals surface area contributed by atoms with E-state index in [1.165, 1.54) is 11.5 Å². The maximum atomic E-state index is 11.8. The maximum absolute atomic E-state index is 11.8. The lowest BCUT2D eigenvalue weighted by Crippen LogP contribution is -1.95. The van der Waals surface area contributed by atoms with Crippen molar-refractivity contribution in [1.82, 2.24) is 19.4 Å². The molecule has 6 heteroatoms. The van der Waals surface area contributed by atoms with Crippen LogP contribution in [0.2, 0.25) is 0 Å². The van der Waals surface area contributed by atoms with Gasteiger partial charge in [-0.05, 0) is 36.4 Å². The monoisotopic (exact) mass is 298 g/mol. The van der Waals surface area contributed by atoms with Gasteiger partial charge >= 0.3 is 0 Å². The van der Waals surface area contributed by atoms with E-state index in [1.54, 1.807) is 11.7 Å². The summed E-state index contributed by atoms with van der Waals surface area (Å²) < 4.78 is 4.57. The normalized spacial score (nSPS) is 14.8. The zero-order chi connectivity index (χ0) is 14.6. The average molecular weight is 298 g/mol. The van der Waals surface area contributed by atoms with Crippen LogP contribution in [-0.2, 0) is 7.05 Å². The second kappa shape index (κ2) is 4.46. The van der Waals surface area contributed by atoms with Gasteiger partial charge in [-0.1, -0.05) is 12.1 Å². The van der Waals surface area contributed by atoms with Gasteiger partial charge in [0.05, 0.1) is 10.6 Å². The standard InChI is InChI=1S/C15H14N4OS/c1-8(20)15-12(9-6-7-9)14(18-21-15)10-4-3-5-11-13(10)17-19(2)16-11/h3-5,9H,6-7H2,1-2H3. The first kappa shape index (κ1) is 12.6. The highest BCUT2D eigenvalue weighted by atomic mass is 32.1. The van der Waals surface area contributed by atoms with Gasteiger partial charge < -0.3 is 0 Å². The van der Waals surface area contributed by atoms with Crippen molar-refractivity contribution >= 4 is 28.3 Å². The summed E-state index contributed by atoms with van der Waals surface area (Å²) in [6.07, 6.45) is 2.28. The molecule has 0 unspecified atom stereocenters. The van der Waals surface area contributed by atoms with Crippen molar-refractivity contribution in [3.8, 4) is 11.3 Å². The van der Waals surface area contributed by atoms with Gasteiger partial charge in [-0.25, -0.2) is 0 Å². The first-order valence-corrected chi connectivity index (χ1v) is 7.73. The molecule has 0 bridgehead atoms. The topological polar surface area (TPSA) is 60.7 Å². The molecular weight excluding hydrogens is 284 g/mol. The number of nitrogens with zero attached hydrogens (tertiary/aromatic N) is 4. The Morgan fingerprint density at radius 1 is 1.33 bits per heavy atom. The minimum atomic E-state index is 0.104. The highest BCUT2D eigenvalue weighted by Crippen LogP contribution is 2.47. The van der Waals surface area contributed by atoms with Gasteiger partial charge in [0.1, 0.15) is 11.0 Å². The molecule has 1 saturated carbocycles. The van der Waals surface area contributed by atoms with Crippen LogP contribution in [0.3, 0.4) is 0 Å². The summed E-state index contributed by atoms with van der Waals surface area (Å²) in [5.74, 6) is 0.580. The predicted molar refractivity (Wildman–Crippen MR) is 81.6 cm³/mol. The van der Waals surface area contributed by atoms with Gasteiger partial charge in [-0.15, -0.1) is 0 Å². The molecule has 0 atom stereocenters. The molecule has 0 spiro atoms. The van der Waals surface area contributed by atoms with Crippen molar-refractivity contribution in [2.45, 2.75) is 25.7 Å². The van der Waals surface area contributed by atoms with Crippen LogP contribution < -0.4 is 0 Å². The van der Waals surface area contributed by atoms with E-state index in [2.05, 4.69) is 14.6 Å². The Morgan fingerprint density at radius 2 is 2.14 bits per heavy atom. The average Bonchev–Trinajstić information content (AvgIpc) is 3.06. The van der Waals surface area contributed by atoms with Gasteiger partial charge in [-0.2, -0.15) is 19.4 Å². The molecule has 4 rings (SSSR count). The van der Waals surface area contributed by atoms with E-state index in [1.807, 2.05) is 25.2 Å². The van der Waals surface area contributed by atoms with E-state index >= 15 is 0 Å². The lowest BCUT2D eigenvalue weighted by atomic mass is 10.0. The largest absolute Gasteiger partial charge is 0.294 e. The highest BCUT2D eigenvalue weighted by molar-refractivity contribution is 7.08. The summed E-state index contributed by atoms with van der Waals surface area (Å²) in [5.41, 5.74) is 4.71. The Balaban J connectivity index is 1.98. The number of carbonyl (C=O) groups excluding carboxylic acids is 1. The zero-order valence-corrected chi connectivity index (χ0v) is 12.6. The molecule has 1 aliphatic carbocycles. The molecule has 21 heavy (non-hydrogen) atoms. The van der Waals surface area contributed by atoms with Crippen molar-refractivity contribution in [3.05, 3.63) is 28.6 Å². The molecule has 0 aliphatic heterocycles. The molecule has 106 valence electrons. The molecule has 1 fully saturated rings. The summed E-state index contributed by atoms with van der Waals surface area (Å²) in [4.78, 5) is 14.2. The van der Waals surface area contributed by atoms with Crippen molar-refractivity contribution in [2.24, 2.45) is 7.05 Å². The SMILES string of the molecule is CC(=O)c1snc(-c2cccc3nn(C)nc23)c1C1CC1. The van der Waals surface area contributed by atoms with Crippen LogP contribution in [0.5, 0.6) is 0 Å². The van der Waals surface area contributed by atoms with Gasteiger partial charge in [0.15, 0.2) is 5.78 Å². The first-order valence-electron chi connectivity index (χ1n) is 6.96. The van der Waals surface area contributed by atoms with Crippen molar-refractivity contribution < 1.29 is 4.79 Å². The number of aryl methyl sites for hydroxylation is 1. The quantitative estimate of drug-likeness (QED) is 0.697. The molecule has 1 aliphatic rings. The molecule has 5 nitrogen and oxygen atoms in total. The fourth-order valence-electron chi connectivity index (χ4n) is 2.73.